The van der Waals surface area contributed by atoms with E-state index in [1.165, 1.54) is 0 Å². The quantitative estimate of drug-likeness (QED) is 0.598. The van der Waals surface area contributed by atoms with Crippen molar-refractivity contribution in [2.75, 3.05) is 17.7 Å². The lowest BCUT2D eigenvalue weighted by atomic mass is 10.0. The fraction of sp³-hybridized carbons (Fsp3) is 0.250. The number of hydrogen-bond acceptors (Lipinski definition) is 5. The number of benzene rings is 1. The van der Waals surface area contributed by atoms with Gasteiger partial charge in [-0.2, -0.15) is 0 Å². The number of nitrogens with zero attached hydrogens (tertiary/aromatic N) is 3. The zero-order chi connectivity index (χ0) is 21.7. The van der Waals surface area contributed by atoms with Crippen LogP contribution in [0, 0.1) is 6.92 Å². The molecule has 30 heavy (non-hydrogen) atoms. The summed E-state index contributed by atoms with van der Waals surface area (Å²) < 4.78 is 0. The van der Waals surface area contributed by atoms with Crippen molar-refractivity contribution in [3.63, 3.8) is 0 Å². The highest BCUT2D eigenvalue weighted by Crippen LogP contribution is 2.26. The van der Waals surface area contributed by atoms with Crippen molar-refractivity contribution in [3.8, 4) is 11.3 Å². The summed E-state index contributed by atoms with van der Waals surface area (Å²) in [6.07, 6.45) is 4.78. The molecule has 0 radical (unpaired) electrons. The number of nitrogens with two attached hydrogens (primary N) is 1. The van der Waals surface area contributed by atoms with Gasteiger partial charge in [0.2, 0.25) is 5.91 Å². The Morgan fingerprint density at radius 2 is 1.83 bits per heavy atom. The Morgan fingerprint density at radius 3 is 2.43 bits per heavy atom. The van der Waals surface area contributed by atoms with E-state index in [0.717, 1.165) is 28.1 Å². The van der Waals surface area contributed by atoms with E-state index in [-0.39, 0.29) is 11.7 Å². The summed E-state index contributed by atoms with van der Waals surface area (Å²) in [6.45, 7) is 3.84. The van der Waals surface area contributed by atoms with Gasteiger partial charge in [-0.15, -0.1) is 0 Å². The highest BCUT2D eigenvalue weighted by molar-refractivity contribution is 5.96. The van der Waals surface area contributed by atoms with Gasteiger partial charge in [0, 0.05) is 49.1 Å². The Labute approximate surface area is 176 Å². The molecule has 1 aromatic carbocycles. The van der Waals surface area contributed by atoms with Crippen LogP contribution in [0.3, 0.4) is 0 Å². The van der Waals surface area contributed by atoms with Crippen molar-refractivity contribution < 1.29 is 9.59 Å². The van der Waals surface area contributed by atoms with E-state index in [9.17, 15) is 9.59 Å². The third-order valence-corrected chi connectivity index (χ3v) is 5.12. The van der Waals surface area contributed by atoms with Crippen molar-refractivity contribution >= 4 is 23.2 Å². The molecule has 0 bridgehead atoms. The molecule has 3 aromatic rings. The molecular weight excluding hydrogens is 376 g/mol. The second-order valence-electron chi connectivity index (χ2n) is 7.25. The fourth-order valence-electron chi connectivity index (χ4n) is 3.23. The maximum absolute atomic E-state index is 12.5. The van der Waals surface area contributed by atoms with Crippen LogP contribution < -0.4 is 10.6 Å². The Morgan fingerprint density at radius 1 is 1.03 bits per heavy atom. The number of aromatic nitrogens is 2. The molecule has 0 fully saturated rings. The maximum atomic E-state index is 12.5. The molecule has 0 aliphatic rings. The van der Waals surface area contributed by atoms with Crippen LogP contribution in [0.2, 0.25) is 0 Å². The third-order valence-electron chi connectivity index (χ3n) is 5.12. The van der Waals surface area contributed by atoms with Gasteiger partial charge >= 0.3 is 0 Å². The Bertz CT molecular complexity index is 1040. The summed E-state index contributed by atoms with van der Waals surface area (Å²) in [7, 11) is 1.78. The smallest absolute Gasteiger partial charge is 0.226 e. The average molecular weight is 402 g/mol. The number of amides is 1. The number of Topliss-reactive ketones (excluding diaryl/α,β-unsaturated/α-hetero) is 1. The number of nitrogen functional groups attached to an aromatic ring is 1. The molecule has 2 heterocycles. The monoisotopic (exact) mass is 402 g/mol. The predicted molar refractivity (Wildman–Crippen MR) is 119 cm³/mol. The zero-order valence-electron chi connectivity index (χ0n) is 17.6. The Kier molecular flexibility index (Phi) is 6.57. The predicted octanol–water partition coefficient (Wildman–Crippen LogP) is 4.22. The van der Waals surface area contributed by atoms with E-state index in [0.29, 0.717) is 30.6 Å². The van der Waals surface area contributed by atoms with E-state index >= 15 is 0 Å². The SMILES string of the molecule is CCC(=O)N(C)c1ccc(-c2ccc(C(=O)CCc3ccc(N)nc3)cn2)c(C)c1. The lowest BCUT2D eigenvalue weighted by Crippen LogP contribution is -2.25. The van der Waals surface area contributed by atoms with E-state index < -0.39 is 0 Å². The van der Waals surface area contributed by atoms with Crippen LogP contribution in [-0.2, 0) is 11.2 Å². The molecule has 6 heteroatoms. The summed E-state index contributed by atoms with van der Waals surface area (Å²) >= 11 is 0. The first kappa shape index (κ1) is 21.2. The van der Waals surface area contributed by atoms with Gasteiger partial charge in [0.05, 0.1) is 5.69 Å². The van der Waals surface area contributed by atoms with Crippen LogP contribution in [0.1, 0.15) is 41.3 Å². The highest BCUT2D eigenvalue weighted by Gasteiger charge is 2.12. The topological polar surface area (TPSA) is 89.2 Å². The third kappa shape index (κ3) is 4.89. The number of pyridine rings is 2. The highest BCUT2D eigenvalue weighted by atomic mass is 16.2. The van der Waals surface area contributed by atoms with Gasteiger partial charge in [0.15, 0.2) is 5.78 Å². The first-order valence-electron chi connectivity index (χ1n) is 9.96. The minimum absolute atomic E-state index is 0.0395. The van der Waals surface area contributed by atoms with Gasteiger partial charge in [-0.25, -0.2) is 4.98 Å². The first-order valence-corrected chi connectivity index (χ1v) is 9.96. The molecule has 0 aliphatic heterocycles. The van der Waals surface area contributed by atoms with Crippen molar-refractivity contribution in [1.82, 2.24) is 9.97 Å². The molecule has 0 aliphatic carbocycles. The standard InChI is InChI=1S/C24H26N4O2/c1-4-24(30)28(3)19-8-9-20(16(2)13-19)21-10-7-18(15-26-21)22(29)11-5-17-6-12-23(25)27-14-17/h6-10,12-15H,4-5,11H2,1-3H3,(H2,25,27). The average Bonchev–Trinajstić information content (AvgIpc) is 2.77. The van der Waals surface area contributed by atoms with Crippen molar-refractivity contribution in [2.24, 2.45) is 0 Å². The summed E-state index contributed by atoms with van der Waals surface area (Å²) in [6, 6.07) is 13.1. The summed E-state index contributed by atoms with van der Waals surface area (Å²) in [5.41, 5.74) is 10.8. The minimum Gasteiger partial charge on any atom is -0.384 e. The van der Waals surface area contributed by atoms with E-state index in [4.69, 9.17) is 5.73 Å². The number of rotatable bonds is 7. The molecule has 1 amide bonds. The molecule has 0 unspecified atom stereocenters. The molecule has 2 N–H and O–H groups in total. The van der Waals surface area contributed by atoms with E-state index in [1.807, 2.05) is 50.2 Å². The first-order chi connectivity index (χ1) is 14.4. The summed E-state index contributed by atoms with van der Waals surface area (Å²) in [4.78, 5) is 34.6. The second kappa shape index (κ2) is 9.31. The molecule has 0 saturated carbocycles. The van der Waals surface area contributed by atoms with Crippen molar-refractivity contribution in [1.29, 1.82) is 0 Å². The molecule has 2 aromatic heterocycles. The number of carbonyl (C=O) groups excluding carboxylic acids is 2. The lowest BCUT2D eigenvalue weighted by molar-refractivity contribution is -0.118. The fourth-order valence-corrected chi connectivity index (χ4v) is 3.23. The summed E-state index contributed by atoms with van der Waals surface area (Å²) in [5.74, 6) is 0.576. The largest absolute Gasteiger partial charge is 0.384 e. The van der Waals surface area contributed by atoms with Crippen LogP contribution in [0.15, 0.2) is 54.9 Å². The van der Waals surface area contributed by atoms with Crippen LogP contribution in [-0.4, -0.2) is 28.7 Å². The van der Waals surface area contributed by atoms with E-state index in [1.54, 1.807) is 30.4 Å². The number of carbonyl (C=O) groups is 2. The number of hydrogen-bond donors (Lipinski definition) is 1. The normalized spacial score (nSPS) is 10.6. The zero-order valence-corrected chi connectivity index (χ0v) is 17.6. The van der Waals surface area contributed by atoms with Crippen LogP contribution in [0.4, 0.5) is 11.5 Å². The lowest BCUT2D eigenvalue weighted by Gasteiger charge is -2.18. The number of anilines is 2. The van der Waals surface area contributed by atoms with Gasteiger partial charge in [0.25, 0.3) is 0 Å². The van der Waals surface area contributed by atoms with Gasteiger partial charge in [-0.3, -0.25) is 14.6 Å². The van der Waals surface area contributed by atoms with Gasteiger partial charge in [-0.05, 0) is 54.8 Å². The van der Waals surface area contributed by atoms with Gasteiger partial charge in [-0.1, -0.05) is 19.1 Å². The number of aryl methyl sites for hydroxylation is 2. The molecular formula is C24H26N4O2. The molecule has 0 atom stereocenters. The second-order valence-corrected chi connectivity index (χ2v) is 7.25. The van der Waals surface area contributed by atoms with Gasteiger partial charge < -0.3 is 10.6 Å². The van der Waals surface area contributed by atoms with Gasteiger partial charge in [0.1, 0.15) is 5.82 Å². The van der Waals surface area contributed by atoms with E-state index in [2.05, 4.69) is 9.97 Å². The van der Waals surface area contributed by atoms with Crippen LogP contribution >= 0.6 is 0 Å². The van der Waals surface area contributed by atoms with Crippen LogP contribution in [0.25, 0.3) is 11.3 Å². The Balaban J connectivity index is 1.69. The van der Waals surface area contributed by atoms with Crippen molar-refractivity contribution in [3.05, 3.63) is 71.5 Å². The van der Waals surface area contributed by atoms with Crippen LogP contribution in [0.5, 0.6) is 0 Å². The van der Waals surface area contributed by atoms with Crippen molar-refractivity contribution in [2.45, 2.75) is 33.1 Å². The minimum atomic E-state index is 0.0395. The molecule has 0 saturated heterocycles. The molecule has 3 rings (SSSR count). The molecule has 0 spiro atoms. The number of ketones is 1. The molecule has 6 nitrogen and oxygen atoms in total. The summed E-state index contributed by atoms with van der Waals surface area (Å²) in [5, 5.41) is 0. The molecule has 154 valence electrons. The maximum Gasteiger partial charge on any atom is 0.226 e. The Hall–Kier alpha value is -3.54.